The molecule has 1 aromatic rings. The molecule has 1 fully saturated rings. The Bertz CT molecular complexity index is 295. The first-order chi connectivity index (χ1) is 7.92. The van der Waals surface area contributed by atoms with Crippen molar-refractivity contribution < 1.29 is 0 Å². The Hall–Kier alpha value is -1.16. The van der Waals surface area contributed by atoms with E-state index in [1.165, 1.54) is 12.8 Å². The second kappa shape index (κ2) is 5.80. The number of rotatable bonds is 4. The molecule has 2 heterocycles. The summed E-state index contributed by atoms with van der Waals surface area (Å²) in [5, 5.41) is 3.40. The van der Waals surface area contributed by atoms with E-state index < -0.39 is 0 Å². The molecular weight excluding hydrogens is 200 g/mol. The maximum atomic E-state index is 4.37. The van der Waals surface area contributed by atoms with Crippen LogP contribution in [0.3, 0.4) is 0 Å². The third-order valence-electron chi connectivity index (χ3n) is 3.02. The fourth-order valence-corrected chi connectivity index (χ4v) is 2.24. The van der Waals surface area contributed by atoms with Crippen LogP contribution in [0.25, 0.3) is 0 Å². The van der Waals surface area contributed by atoms with Crippen LogP contribution in [0.5, 0.6) is 0 Å². The molecule has 1 N–H and O–H groups in total. The minimum absolute atomic E-state index is 0.601. The maximum absolute atomic E-state index is 4.37. The molecule has 1 saturated heterocycles. The van der Waals surface area contributed by atoms with E-state index in [2.05, 4.69) is 27.1 Å². The molecule has 1 aromatic heterocycles. The van der Waals surface area contributed by atoms with Gasteiger partial charge in [0, 0.05) is 25.0 Å². The van der Waals surface area contributed by atoms with Gasteiger partial charge in [0.15, 0.2) is 0 Å². The first kappa shape index (κ1) is 11.3. The summed E-state index contributed by atoms with van der Waals surface area (Å²) in [6, 6.07) is 2.47. The predicted molar refractivity (Wildman–Crippen MR) is 65.6 cm³/mol. The normalized spacial score (nSPS) is 17.3. The smallest absolute Gasteiger partial charge is 0.225 e. The van der Waals surface area contributed by atoms with Gasteiger partial charge < -0.3 is 10.2 Å². The zero-order valence-corrected chi connectivity index (χ0v) is 9.89. The van der Waals surface area contributed by atoms with E-state index in [0.717, 1.165) is 32.0 Å². The van der Waals surface area contributed by atoms with Gasteiger partial charge >= 0.3 is 0 Å². The molecular formula is C12H20N4. The lowest BCUT2D eigenvalue weighted by atomic mass is 10.1. The SMILES string of the molecule is CCCN(c1ncccn1)C1CCNCC1. The summed E-state index contributed by atoms with van der Waals surface area (Å²) in [7, 11) is 0. The third kappa shape index (κ3) is 2.70. The van der Waals surface area contributed by atoms with Gasteiger partial charge in [-0.1, -0.05) is 6.92 Å². The lowest BCUT2D eigenvalue weighted by Gasteiger charge is -2.34. The largest absolute Gasteiger partial charge is 0.338 e. The standard InChI is InChI=1S/C12H20N4/c1-2-10-16(11-4-8-13-9-5-11)12-14-6-3-7-15-12/h3,6-7,11,13H,2,4-5,8-10H2,1H3. The van der Waals surface area contributed by atoms with Crippen LogP contribution in [0.4, 0.5) is 5.95 Å². The summed E-state index contributed by atoms with van der Waals surface area (Å²) in [5.41, 5.74) is 0. The van der Waals surface area contributed by atoms with Crippen molar-refractivity contribution in [2.75, 3.05) is 24.5 Å². The molecule has 0 radical (unpaired) electrons. The molecule has 1 aliphatic rings. The van der Waals surface area contributed by atoms with Gasteiger partial charge in [-0.05, 0) is 38.4 Å². The number of nitrogens with zero attached hydrogens (tertiary/aromatic N) is 3. The summed E-state index contributed by atoms with van der Waals surface area (Å²) in [5.74, 6) is 0.885. The van der Waals surface area contributed by atoms with Gasteiger partial charge in [-0.3, -0.25) is 0 Å². The fourth-order valence-electron chi connectivity index (χ4n) is 2.24. The molecule has 4 heteroatoms. The molecule has 0 bridgehead atoms. The molecule has 0 amide bonds. The average molecular weight is 220 g/mol. The zero-order valence-electron chi connectivity index (χ0n) is 9.89. The highest BCUT2D eigenvalue weighted by Gasteiger charge is 2.21. The molecule has 0 aliphatic carbocycles. The third-order valence-corrected chi connectivity index (χ3v) is 3.02. The summed E-state index contributed by atoms with van der Waals surface area (Å²) < 4.78 is 0. The molecule has 0 atom stereocenters. The van der Waals surface area contributed by atoms with Crippen molar-refractivity contribution in [1.29, 1.82) is 0 Å². The van der Waals surface area contributed by atoms with Crippen molar-refractivity contribution >= 4 is 5.95 Å². The average Bonchev–Trinajstić information content (AvgIpc) is 2.38. The van der Waals surface area contributed by atoms with Gasteiger partial charge in [0.1, 0.15) is 0 Å². The van der Waals surface area contributed by atoms with Crippen molar-refractivity contribution in [2.45, 2.75) is 32.2 Å². The van der Waals surface area contributed by atoms with Crippen molar-refractivity contribution in [3.63, 3.8) is 0 Å². The topological polar surface area (TPSA) is 41.1 Å². The van der Waals surface area contributed by atoms with Gasteiger partial charge in [0.25, 0.3) is 0 Å². The quantitative estimate of drug-likeness (QED) is 0.833. The molecule has 0 spiro atoms. The van der Waals surface area contributed by atoms with Crippen LogP contribution in [0.15, 0.2) is 18.5 Å². The van der Waals surface area contributed by atoms with Crippen molar-refractivity contribution in [2.24, 2.45) is 0 Å². The molecule has 0 aromatic carbocycles. The summed E-state index contributed by atoms with van der Waals surface area (Å²) in [4.78, 5) is 11.1. The van der Waals surface area contributed by atoms with Crippen LogP contribution in [0.2, 0.25) is 0 Å². The van der Waals surface area contributed by atoms with E-state index >= 15 is 0 Å². The van der Waals surface area contributed by atoms with Crippen LogP contribution in [-0.2, 0) is 0 Å². The molecule has 4 nitrogen and oxygen atoms in total. The van der Waals surface area contributed by atoms with E-state index in [1.807, 2.05) is 18.5 Å². The number of aromatic nitrogens is 2. The Kier molecular flexibility index (Phi) is 4.10. The molecule has 0 saturated carbocycles. The lowest BCUT2D eigenvalue weighted by Crippen LogP contribution is -2.44. The lowest BCUT2D eigenvalue weighted by molar-refractivity contribution is 0.424. The summed E-state index contributed by atoms with van der Waals surface area (Å²) >= 11 is 0. The molecule has 88 valence electrons. The first-order valence-electron chi connectivity index (χ1n) is 6.16. The van der Waals surface area contributed by atoms with Gasteiger partial charge in [0.05, 0.1) is 0 Å². The first-order valence-corrected chi connectivity index (χ1v) is 6.16. The zero-order chi connectivity index (χ0) is 11.2. The molecule has 16 heavy (non-hydrogen) atoms. The monoisotopic (exact) mass is 220 g/mol. The van der Waals surface area contributed by atoms with Gasteiger partial charge in [-0.15, -0.1) is 0 Å². The van der Waals surface area contributed by atoms with Crippen LogP contribution < -0.4 is 10.2 Å². The van der Waals surface area contributed by atoms with E-state index in [0.29, 0.717) is 6.04 Å². The van der Waals surface area contributed by atoms with E-state index in [-0.39, 0.29) is 0 Å². The molecule has 2 rings (SSSR count). The van der Waals surface area contributed by atoms with E-state index in [1.54, 1.807) is 0 Å². The Balaban J connectivity index is 2.09. The van der Waals surface area contributed by atoms with Crippen molar-refractivity contribution in [1.82, 2.24) is 15.3 Å². The minimum Gasteiger partial charge on any atom is -0.338 e. The van der Waals surface area contributed by atoms with Crippen molar-refractivity contribution in [3.8, 4) is 0 Å². The maximum Gasteiger partial charge on any atom is 0.225 e. The van der Waals surface area contributed by atoms with Crippen LogP contribution in [0.1, 0.15) is 26.2 Å². The number of piperidine rings is 1. The second-order valence-electron chi connectivity index (χ2n) is 4.22. The second-order valence-corrected chi connectivity index (χ2v) is 4.22. The highest BCUT2D eigenvalue weighted by atomic mass is 15.3. The number of hydrogen-bond acceptors (Lipinski definition) is 4. The van der Waals surface area contributed by atoms with Crippen LogP contribution >= 0.6 is 0 Å². The Morgan fingerprint density at radius 2 is 2.00 bits per heavy atom. The highest BCUT2D eigenvalue weighted by Crippen LogP contribution is 2.17. The minimum atomic E-state index is 0.601. The van der Waals surface area contributed by atoms with Gasteiger partial charge in [0.2, 0.25) is 5.95 Å². The Morgan fingerprint density at radius 1 is 1.31 bits per heavy atom. The summed E-state index contributed by atoms with van der Waals surface area (Å²) in [6.45, 7) is 5.47. The van der Waals surface area contributed by atoms with Gasteiger partial charge in [-0.25, -0.2) is 9.97 Å². The summed E-state index contributed by atoms with van der Waals surface area (Å²) in [6.07, 6.45) is 7.18. The number of nitrogens with one attached hydrogen (secondary N) is 1. The van der Waals surface area contributed by atoms with E-state index in [9.17, 15) is 0 Å². The highest BCUT2D eigenvalue weighted by molar-refractivity contribution is 5.30. The van der Waals surface area contributed by atoms with Crippen LogP contribution in [0, 0.1) is 0 Å². The predicted octanol–water partition coefficient (Wildman–Crippen LogP) is 1.44. The van der Waals surface area contributed by atoms with Gasteiger partial charge in [-0.2, -0.15) is 0 Å². The molecule has 0 unspecified atom stereocenters. The van der Waals surface area contributed by atoms with E-state index in [4.69, 9.17) is 0 Å². The molecule has 1 aliphatic heterocycles. The fraction of sp³-hybridized carbons (Fsp3) is 0.667. The Morgan fingerprint density at radius 3 is 2.62 bits per heavy atom. The Labute approximate surface area is 97.1 Å². The van der Waals surface area contributed by atoms with Crippen LogP contribution in [-0.4, -0.2) is 35.6 Å². The number of anilines is 1. The van der Waals surface area contributed by atoms with Crippen molar-refractivity contribution in [3.05, 3.63) is 18.5 Å². The number of hydrogen-bond donors (Lipinski definition) is 1.